The van der Waals surface area contributed by atoms with Crippen LogP contribution in [-0.2, 0) is 0 Å². The lowest BCUT2D eigenvalue weighted by molar-refractivity contribution is -0.114. The van der Waals surface area contributed by atoms with Crippen LogP contribution in [0.1, 0.15) is 62.7 Å². The molecule has 4 aliphatic rings. The Morgan fingerprint density at radius 1 is 1.19 bits per heavy atom. The number of nitrogens with zero attached hydrogens (tertiary/aromatic N) is 1. The van der Waals surface area contributed by atoms with Crippen molar-refractivity contribution < 1.29 is 4.79 Å². The van der Waals surface area contributed by atoms with Crippen molar-refractivity contribution in [3.05, 3.63) is 30.1 Å². The molecule has 2 unspecified atom stereocenters. The van der Waals surface area contributed by atoms with Gasteiger partial charge in [-0.1, -0.05) is 13.8 Å². The van der Waals surface area contributed by atoms with Crippen LogP contribution in [0.4, 0.5) is 0 Å². The minimum Gasteiger partial charge on any atom is -0.347 e. The van der Waals surface area contributed by atoms with Crippen LogP contribution in [0.5, 0.6) is 0 Å². The molecule has 112 valence electrons. The van der Waals surface area contributed by atoms with E-state index in [0.29, 0.717) is 16.4 Å². The molecule has 4 fully saturated rings. The van der Waals surface area contributed by atoms with Gasteiger partial charge in [0.05, 0.1) is 5.56 Å². The van der Waals surface area contributed by atoms with Gasteiger partial charge >= 0.3 is 0 Å². The molecule has 0 aromatic carbocycles. The van der Waals surface area contributed by atoms with Crippen LogP contribution in [-0.4, -0.2) is 16.4 Å². The van der Waals surface area contributed by atoms with Gasteiger partial charge in [-0.25, -0.2) is 0 Å². The van der Waals surface area contributed by atoms with E-state index < -0.39 is 0 Å². The average molecular weight is 284 g/mol. The standard InChI is InChI=1S/C18H24N2O/c1-16-6-13-7-17(2,10-16)12-18(8-13,11-16)20-15(21)14-4-3-5-19-9-14/h3-5,9,13H,6-8,10-12H2,1-2H3,(H,20,21). The number of hydrogen-bond donors (Lipinski definition) is 1. The topological polar surface area (TPSA) is 42.0 Å². The molecule has 1 aromatic heterocycles. The third kappa shape index (κ3) is 2.18. The molecule has 0 spiro atoms. The monoisotopic (exact) mass is 284 g/mol. The summed E-state index contributed by atoms with van der Waals surface area (Å²) in [5, 5.41) is 3.41. The molecule has 4 bridgehead atoms. The van der Waals surface area contributed by atoms with Gasteiger partial charge in [-0.2, -0.15) is 0 Å². The normalized spacial score (nSPS) is 43.8. The first kappa shape index (κ1) is 13.3. The van der Waals surface area contributed by atoms with Crippen LogP contribution >= 0.6 is 0 Å². The first-order chi connectivity index (χ1) is 9.90. The predicted octanol–water partition coefficient (Wildman–Crippen LogP) is 3.56. The van der Waals surface area contributed by atoms with Crippen molar-refractivity contribution in [1.29, 1.82) is 0 Å². The summed E-state index contributed by atoms with van der Waals surface area (Å²) in [4.78, 5) is 16.7. The minimum absolute atomic E-state index is 0.0237. The Bertz CT molecular complexity index is 564. The average Bonchev–Trinajstić information content (AvgIpc) is 2.34. The van der Waals surface area contributed by atoms with Gasteiger partial charge in [0.1, 0.15) is 0 Å². The van der Waals surface area contributed by atoms with Crippen molar-refractivity contribution in [3.63, 3.8) is 0 Å². The molecule has 1 N–H and O–H groups in total. The molecule has 1 aromatic rings. The van der Waals surface area contributed by atoms with Crippen molar-refractivity contribution in [3.8, 4) is 0 Å². The summed E-state index contributed by atoms with van der Waals surface area (Å²) in [7, 11) is 0. The Hall–Kier alpha value is -1.38. The molecule has 4 saturated carbocycles. The summed E-state index contributed by atoms with van der Waals surface area (Å²) in [6.45, 7) is 4.86. The summed E-state index contributed by atoms with van der Waals surface area (Å²) in [6, 6.07) is 3.68. The van der Waals surface area contributed by atoms with E-state index in [1.54, 1.807) is 12.4 Å². The van der Waals surface area contributed by atoms with E-state index in [2.05, 4.69) is 24.1 Å². The van der Waals surface area contributed by atoms with Crippen molar-refractivity contribution >= 4 is 5.91 Å². The van der Waals surface area contributed by atoms with Crippen LogP contribution < -0.4 is 5.32 Å². The highest BCUT2D eigenvalue weighted by molar-refractivity contribution is 5.94. The first-order valence-corrected chi connectivity index (χ1v) is 8.12. The second-order valence-corrected chi connectivity index (χ2v) is 8.61. The Balaban J connectivity index is 1.61. The maximum atomic E-state index is 12.6. The zero-order valence-electron chi connectivity index (χ0n) is 13.0. The van der Waals surface area contributed by atoms with Gasteiger partial charge in [-0.15, -0.1) is 0 Å². The van der Waals surface area contributed by atoms with Gasteiger partial charge < -0.3 is 5.32 Å². The van der Waals surface area contributed by atoms with Crippen LogP contribution in [0.3, 0.4) is 0 Å². The summed E-state index contributed by atoms with van der Waals surface area (Å²) in [5.74, 6) is 0.850. The van der Waals surface area contributed by atoms with E-state index in [-0.39, 0.29) is 11.4 Å². The third-order valence-corrected chi connectivity index (χ3v) is 5.93. The molecule has 0 aliphatic heterocycles. The quantitative estimate of drug-likeness (QED) is 0.902. The maximum Gasteiger partial charge on any atom is 0.253 e. The molecule has 5 rings (SSSR count). The highest BCUT2D eigenvalue weighted by Crippen LogP contribution is 2.66. The Morgan fingerprint density at radius 2 is 1.90 bits per heavy atom. The van der Waals surface area contributed by atoms with E-state index in [9.17, 15) is 4.79 Å². The van der Waals surface area contributed by atoms with E-state index in [0.717, 1.165) is 18.8 Å². The number of nitrogens with one attached hydrogen (secondary N) is 1. The molecule has 0 saturated heterocycles. The third-order valence-electron chi connectivity index (χ3n) is 5.93. The number of carbonyl (C=O) groups excluding carboxylic acids is 1. The van der Waals surface area contributed by atoms with E-state index >= 15 is 0 Å². The van der Waals surface area contributed by atoms with Gasteiger partial charge in [0, 0.05) is 17.9 Å². The van der Waals surface area contributed by atoms with Crippen molar-refractivity contribution in [1.82, 2.24) is 10.3 Å². The molecule has 1 heterocycles. The molecule has 1 amide bonds. The van der Waals surface area contributed by atoms with Crippen molar-refractivity contribution in [2.75, 3.05) is 0 Å². The highest BCUT2D eigenvalue weighted by atomic mass is 16.1. The lowest BCUT2D eigenvalue weighted by Gasteiger charge is -2.65. The predicted molar refractivity (Wildman–Crippen MR) is 81.8 cm³/mol. The fraction of sp³-hybridized carbons (Fsp3) is 0.667. The fourth-order valence-corrected chi connectivity index (χ4v) is 6.40. The molecular weight excluding hydrogens is 260 g/mol. The smallest absolute Gasteiger partial charge is 0.253 e. The molecule has 2 atom stereocenters. The number of carbonyl (C=O) groups is 1. The number of rotatable bonds is 2. The van der Waals surface area contributed by atoms with Crippen LogP contribution in [0.15, 0.2) is 24.5 Å². The minimum atomic E-state index is 0.0237. The fourth-order valence-electron chi connectivity index (χ4n) is 6.40. The summed E-state index contributed by atoms with van der Waals surface area (Å²) >= 11 is 0. The number of aromatic nitrogens is 1. The first-order valence-electron chi connectivity index (χ1n) is 8.12. The number of hydrogen-bond acceptors (Lipinski definition) is 2. The Labute approximate surface area is 126 Å². The molecule has 3 nitrogen and oxygen atoms in total. The second-order valence-electron chi connectivity index (χ2n) is 8.61. The van der Waals surface area contributed by atoms with Crippen molar-refractivity contribution in [2.24, 2.45) is 16.7 Å². The largest absolute Gasteiger partial charge is 0.347 e. The Kier molecular flexibility index (Phi) is 2.59. The zero-order valence-corrected chi connectivity index (χ0v) is 13.0. The van der Waals surface area contributed by atoms with Gasteiger partial charge in [-0.05, 0) is 67.4 Å². The van der Waals surface area contributed by atoms with Gasteiger partial charge in [0.15, 0.2) is 0 Å². The molecule has 4 aliphatic carbocycles. The summed E-state index contributed by atoms with van der Waals surface area (Å²) in [5.41, 5.74) is 1.56. The van der Waals surface area contributed by atoms with E-state index in [1.165, 1.54) is 25.7 Å². The van der Waals surface area contributed by atoms with E-state index in [4.69, 9.17) is 0 Å². The van der Waals surface area contributed by atoms with E-state index in [1.807, 2.05) is 12.1 Å². The lowest BCUT2D eigenvalue weighted by atomic mass is 9.43. The molecule has 21 heavy (non-hydrogen) atoms. The summed E-state index contributed by atoms with van der Waals surface area (Å²) in [6.07, 6.45) is 10.9. The van der Waals surface area contributed by atoms with Crippen LogP contribution in [0, 0.1) is 16.7 Å². The Morgan fingerprint density at radius 3 is 2.48 bits per heavy atom. The number of pyridine rings is 1. The molecular formula is C18H24N2O. The van der Waals surface area contributed by atoms with Crippen molar-refractivity contribution in [2.45, 2.75) is 57.9 Å². The second kappa shape index (κ2) is 4.08. The van der Waals surface area contributed by atoms with Gasteiger partial charge in [-0.3, -0.25) is 9.78 Å². The number of amides is 1. The van der Waals surface area contributed by atoms with Gasteiger partial charge in [0.2, 0.25) is 0 Å². The maximum absolute atomic E-state index is 12.6. The molecule has 0 radical (unpaired) electrons. The van der Waals surface area contributed by atoms with Crippen LogP contribution in [0.2, 0.25) is 0 Å². The van der Waals surface area contributed by atoms with Gasteiger partial charge in [0.25, 0.3) is 5.91 Å². The highest BCUT2D eigenvalue weighted by Gasteiger charge is 2.60. The lowest BCUT2D eigenvalue weighted by Crippen LogP contribution is -2.65. The SMILES string of the molecule is CC12CC3CC(C)(C1)CC(NC(=O)c1cccnc1)(C3)C2. The molecule has 3 heteroatoms. The summed E-state index contributed by atoms with van der Waals surface area (Å²) < 4.78 is 0. The zero-order chi connectivity index (χ0) is 14.7. The van der Waals surface area contributed by atoms with Crippen LogP contribution in [0.25, 0.3) is 0 Å².